The number of methoxy groups -OCH3 is 2. The second-order valence-corrected chi connectivity index (χ2v) is 4.44. The molecule has 2 rings (SSSR count). The van der Waals surface area contributed by atoms with Crippen molar-refractivity contribution in [3.8, 4) is 11.5 Å². The van der Waals surface area contributed by atoms with Gasteiger partial charge in [-0.05, 0) is 36.2 Å². The number of nitrogens with one attached hydrogen (secondary N) is 1. The summed E-state index contributed by atoms with van der Waals surface area (Å²) in [5.74, 6) is 1.26. The Kier molecular flexibility index (Phi) is 7.19. The van der Waals surface area contributed by atoms with Crippen molar-refractivity contribution in [2.75, 3.05) is 20.8 Å². The van der Waals surface area contributed by atoms with Crippen LogP contribution < -0.4 is 14.8 Å². The third-order valence-electron chi connectivity index (χ3n) is 3.07. The molecule has 1 aromatic carbocycles. The number of halogens is 1. The van der Waals surface area contributed by atoms with Gasteiger partial charge < -0.3 is 14.8 Å². The van der Waals surface area contributed by atoms with Crippen molar-refractivity contribution < 1.29 is 14.3 Å². The Balaban J connectivity index is 0.00000242. The number of ether oxygens (including phenoxy) is 2. The average molecular weight is 323 g/mol. The van der Waals surface area contributed by atoms with E-state index in [-0.39, 0.29) is 18.3 Å². The first-order chi connectivity index (χ1) is 10.2. The number of benzene rings is 1. The summed E-state index contributed by atoms with van der Waals surface area (Å²) in [7, 11) is 3.21. The number of hydrogen-bond acceptors (Lipinski definition) is 4. The van der Waals surface area contributed by atoms with E-state index in [4.69, 9.17) is 9.47 Å². The summed E-state index contributed by atoms with van der Waals surface area (Å²) in [5.41, 5.74) is 1.63. The Morgan fingerprint density at radius 3 is 2.59 bits per heavy atom. The first kappa shape index (κ1) is 17.8. The predicted octanol–water partition coefficient (Wildman–Crippen LogP) is 2.49. The molecular weight excluding hydrogens is 304 g/mol. The van der Waals surface area contributed by atoms with Crippen molar-refractivity contribution in [1.82, 2.24) is 10.3 Å². The van der Waals surface area contributed by atoms with Crippen molar-refractivity contribution in [3.63, 3.8) is 0 Å². The molecule has 5 nitrogen and oxygen atoms in total. The lowest BCUT2D eigenvalue weighted by molar-refractivity contribution is 0.0954. The highest BCUT2D eigenvalue weighted by Gasteiger charge is 2.06. The average Bonchev–Trinajstić information content (AvgIpc) is 2.55. The Labute approximate surface area is 136 Å². The second-order valence-electron chi connectivity index (χ2n) is 4.44. The maximum atomic E-state index is 11.9. The van der Waals surface area contributed by atoms with Crippen LogP contribution in [-0.4, -0.2) is 31.7 Å². The minimum Gasteiger partial charge on any atom is -0.493 e. The summed E-state index contributed by atoms with van der Waals surface area (Å²) in [4.78, 5) is 15.8. The van der Waals surface area contributed by atoms with Crippen molar-refractivity contribution in [2.45, 2.75) is 6.42 Å². The van der Waals surface area contributed by atoms with Crippen molar-refractivity contribution in [1.29, 1.82) is 0 Å². The Hall–Kier alpha value is -2.27. The molecule has 6 heteroatoms. The molecule has 0 aliphatic carbocycles. The third kappa shape index (κ3) is 4.63. The molecule has 0 aliphatic heterocycles. The zero-order valence-electron chi connectivity index (χ0n) is 12.5. The topological polar surface area (TPSA) is 60.5 Å². The molecular formula is C16H19ClN2O3. The molecule has 2 aromatic rings. The number of pyridine rings is 1. The van der Waals surface area contributed by atoms with Crippen LogP contribution in [0.2, 0.25) is 0 Å². The van der Waals surface area contributed by atoms with Crippen LogP contribution in [0.3, 0.4) is 0 Å². The highest BCUT2D eigenvalue weighted by atomic mass is 35.5. The Morgan fingerprint density at radius 2 is 1.95 bits per heavy atom. The number of hydrogen-bond donors (Lipinski definition) is 1. The normalized spacial score (nSPS) is 9.55. The lowest BCUT2D eigenvalue weighted by atomic mass is 10.1. The summed E-state index contributed by atoms with van der Waals surface area (Å²) in [6.07, 6.45) is 3.90. The molecule has 0 saturated heterocycles. The first-order valence-corrected chi connectivity index (χ1v) is 6.63. The van der Waals surface area contributed by atoms with Gasteiger partial charge in [-0.2, -0.15) is 0 Å². The standard InChI is InChI=1S/C16H18N2O3.ClH/c1-20-14-6-5-12(10-15(14)21-2)7-9-18-16(19)13-4-3-8-17-11-13;/h3-6,8,10-11H,7,9H2,1-2H3,(H,18,19);1H. The van der Waals surface area contributed by atoms with Gasteiger partial charge in [0.1, 0.15) is 0 Å². The van der Waals surface area contributed by atoms with E-state index in [0.717, 1.165) is 5.56 Å². The van der Waals surface area contributed by atoms with Crippen LogP contribution in [0.1, 0.15) is 15.9 Å². The zero-order chi connectivity index (χ0) is 15.1. The minimum atomic E-state index is -0.122. The largest absolute Gasteiger partial charge is 0.493 e. The van der Waals surface area contributed by atoms with Crippen LogP contribution in [0.25, 0.3) is 0 Å². The van der Waals surface area contributed by atoms with Gasteiger partial charge in [0.05, 0.1) is 19.8 Å². The Morgan fingerprint density at radius 1 is 1.18 bits per heavy atom. The first-order valence-electron chi connectivity index (χ1n) is 6.63. The Bertz CT molecular complexity index is 606. The minimum absolute atomic E-state index is 0. The van der Waals surface area contributed by atoms with E-state index in [1.165, 1.54) is 0 Å². The molecule has 0 saturated carbocycles. The molecule has 0 fully saturated rings. The van der Waals surface area contributed by atoms with Crippen molar-refractivity contribution >= 4 is 18.3 Å². The van der Waals surface area contributed by atoms with E-state index in [0.29, 0.717) is 30.0 Å². The zero-order valence-corrected chi connectivity index (χ0v) is 13.4. The quantitative estimate of drug-likeness (QED) is 0.887. The number of carbonyl (C=O) groups is 1. The molecule has 118 valence electrons. The van der Waals surface area contributed by atoms with E-state index >= 15 is 0 Å². The van der Waals surface area contributed by atoms with Crippen LogP contribution in [0.5, 0.6) is 11.5 Å². The number of carbonyl (C=O) groups excluding carboxylic acids is 1. The van der Waals surface area contributed by atoms with E-state index in [1.807, 2.05) is 18.2 Å². The fourth-order valence-electron chi connectivity index (χ4n) is 1.96. The molecule has 0 atom stereocenters. The molecule has 1 N–H and O–H groups in total. The molecule has 0 radical (unpaired) electrons. The van der Waals surface area contributed by atoms with Crippen molar-refractivity contribution in [2.24, 2.45) is 0 Å². The number of aromatic nitrogens is 1. The molecule has 0 unspecified atom stereocenters. The van der Waals surface area contributed by atoms with Crippen LogP contribution >= 0.6 is 12.4 Å². The SMILES string of the molecule is COc1ccc(CCNC(=O)c2cccnc2)cc1OC.Cl. The van der Waals surface area contributed by atoms with Gasteiger partial charge in [0.15, 0.2) is 11.5 Å². The molecule has 0 spiro atoms. The number of amides is 1. The highest BCUT2D eigenvalue weighted by molar-refractivity contribution is 5.93. The predicted molar refractivity (Wildman–Crippen MR) is 87.1 cm³/mol. The maximum absolute atomic E-state index is 11.9. The molecule has 1 amide bonds. The molecule has 0 aliphatic rings. The molecule has 22 heavy (non-hydrogen) atoms. The number of nitrogens with zero attached hydrogens (tertiary/aromatic N) is 1. The van der Waals surface area contributed by atoms with Crippen LogP contribution in [-0.2, 0) is 6.42 Å². The summed E-state index contributed by atoms with van der Waals surface area (Å²) >= 11 is 0. The van der Waals surface area contributed by atoms with Gasteiger partial charge in [0, 0.05) is 18.9 Å². The van der Waals surface area contributed by atoms with Gasteiger partial charge in [-0.3, -0.25) is 9.78 Å². The summed E-state index contributed by atoms with van der Waals surface area (Å²) < 4.78 is 10.4. The van der Waals surface area contributed by atoms with Gasteiger partial charge in [0.2, 0.25) is 0 Å². The van der Waals surface area contributed by atoms with Gasteiger partial charge in [-0.25, -0.2) is 0 Å². The van der Waals surface area contributed by atoms with Crippen LogP contribution in [0.4, 0.5) is 0 Å². The highest BCUT2D eigenvalue weighted by Crippen LogP contribution is 2.27. The molecule has 1 aromatic heterocycles. The van der Waals surface area contributed by atoms with Gasteiger partial charge in [-0.1, -0.05) is 6.07 Å². The van der Waals surface area contributed by atoms with E-state index in [9.17, 15) is 4.79 Å². The fourth-order valence-corrected chi connectivity index (χ4v) is 1.96. The summed E-state index contributed by atoms with van der Waals surface area (Å²) in [5, 5.41) is 2.86. The van der Waals surface area contributed by atoms with Gasteiger partial charge >= 0.3 is 0 Å². The van der Waals surface area contributed by atoms with E-state index in [2.05, 4.69) is 10.3 Å². The summed E-state index contributed by atoms with van der Waals surface area (Å²) in [6, 6.07) is 9.20. The monoisotopic (exact) mass is 322 g/mol. The maximum Gasteiger partial charge on any atom is 0.252 e. The van der Waals surface area contributed by atoms with Crippen LogP contribution in [0, 0.1) is 0 Å². The fraction of sp³-hybridized carbons (Fsp3) is 0.250. The lowest BCUT2D eigenvalue weighted by Crippen LogP contribution is -2.25. The van der Waals surface area contributed by atoms with Gasteiger partial charge in [0.25, 0.3) is 5.91 Å². The molecule has 0 bridgehead atoms. The van der Waals surface area contributed by atoms with E-state index < -0.39 is 0 Å². The smallest absolute Gasteiger partial charge is 0.252 e. The second kappa shape index (κ2) is 8.89. The third-order valence-corrected chi connectivity index (χ3v) is 3.07. The van der Waals surface area contributed by atoms with Crippen LogP contribution in [0.15, 0.2) is 42.7 Å². The lowest BCUT2D eigenvalue weighted by Gasteiger charge is -2.10. The van der Waals surface area contributed by atoms with Crippen molar-refractivity contribution in [3.05, 3.63) is 53.9 Å². The van der Waals surface area contributed by atoms with Gasteiger partial charge in [-0.15, -0.1) is 12.4 Å². The number of rotatable bonds is 6. The van der Waals surface area contributed by atoms with E-state index in [1.54, 1.807) is 38.7 Å². The molecule has 1 heterocycles. The summed E-state index contributed by atoms with van der Waals surface area (Å²) in [6.45, 7) is 0.545.